The molecule has 1 aromatic heterocycles. The van der Waals surface area contributed by atoms with E-state index in [1.54, 1.807) is 12.3 Å². The van der Waals surface area contributed by atoms with Crippen molar-refractivity contribution in [2.45, 2.75) is 51.7 Å². The maximum absolute atomic E-state index is 14.4. The molecule has 1 saturated heterocycles. The largest absolute Gasteiger partial charge is 0.363 e. The van der Waals surface area contributed by atoms with Gasteiger partial charge < -0.3 is 16.0 Å². The van der Waals surface area contributed by atoms with Gasteiger partial charge in [0.25, 0.3) is 0 Å². The Kier molecular flexibility index (Phi) is 4.77. The summed E-state index contributed by atoms with van der Waals surface area (Å²) in [6.45, 7) is 7.07. The van der Waals surface area contributed by atoms with Crippen LogP contribution in [0.3, 0.4) is 0 Å². The quantitative estimate of drug-likeness (QED) is 0.792. The van der Waals surface area contributed by atoms with Crippen molar-refractivity contribution in [3.63, 3.8) is 0 Å². The highest BCUT2D eigenvalue weighted by Gasteiger charge is 2.20. The van der Waals surface area contributed by atoms with E-state index in [1.807, 2.05) is 20.8 Å². The molecule has 21 heavy (non-hydrogen) atoms. The number of nitrogens with zero attached hydrogens (tertiary/aromatic N) is 1. The lowest BCUT2D eigenvalue weighted by molar-refractivity contribution is -0.122. The van der Waals surface area contributed by atoms with Gasteiger partial charge in [-0.25, -0.2) is 9.37 Å². The van der Waals surface area contributed by atoms with Gasteiger partial charge >= 0.3 is 0 Å². The Balaban J connectivity index is 2.02. The number of halogens is 1. The van der Waals surface area contributed by atoms with Gasteiger partial charge in [-0.05, 0) is 33.3 Å². The lowest BCUT2D eigenvalue weighted by Crippen LogP contribution is -2.42. The summed E-state index contributed by atoms with van der Waals surface area (Å²) < 4.78 is 14.4. The van der Waals surface area contributed by atoms with Gasteiger partial charge in [0.15, 0.2) is 11.6 Å². The third-order valence-corrected chi connectivity index (χ3v) is 3.38. The first-order valence-corrected chi connectivity index (χ1v) is 7.27. The molecule has 0 saturated carbocycles. The van der Waals surface area contributed by atoms with Crippen molar-refractivity contribution in [2.24, 2.45) is 0 Å². The van der Waals surface area contributed by atoms with E-state index in [2.05, 4.69) is 20.9 Å². The number of carbonyl (C=O) groups excluding carboxylic acids is 1. The number of nitrogens with one attached hydrogen (secondary N) is 3. The van der Waals surface area contributed by atoms with Crippen LogP contribution < -0.4 is 16.0 Å². The van der Waals surface area contributed by atoms with E-state index in [0.29, 0.717) is 31.5 Å². The Morgan fingerprint density at radius 1 is 1.48 bits per heavy atom. The summed E-state index contributed by atoms with van der Waals surface area (Å²) in [4.78, 5) is 15.2. The van der Waals surface area contributed by atoms with Crippen molar-refractivity contribution >= 4 is 11.7 Å². The zero-order valence-corrected chi connectivity index (χ0v) is 12.8. The average Bonchev–Trinajstić information content (AvgIpc) is 2.41. The smallest absolute Gasteiger partial charge is 0.220 e. The molecule has 0 spiro atoms. The van der Waals surface area contributed by atoms with Gasteiger partial charge in [-0.2, -0.15) is 0 Å². The fourth-order valence-corrected chi connectivity index (χ4v) is 2.13. The normalized spacial score (nSPS) is 19.2. The van der Waals surface area contributed by atoms with Crippen LogP contribution in [0, 0.1) is 5.82 Å². The minimum Gasteiger partial charge on any atom is -0.363 e. The molecule has 2 rings (SSSR count). The lowest BCUT2D eigenvalue weighted by atomic mass is 10.1. The summed E-state index contributed by atoms with van der Waals surface area (Å²) in [6.07, 6.45) is 2.76. The van der Waals surface area contributed by atoms with Crippen LogP contribution in [-0.2, 0) is 11.3 Å². The number of hydrogen-bond donors (Lipinski definition) is 3. The summed E-state index contributed by atoms with van der Waals surface area (Å²) in [7, 11) is 0. The molecular formula is C15H23FN4O. The fraction of sp³-hybridized carbons (Fsp3) is 0.600. The van der Waals surface area contributed by atoms with Gasteiger partial charge in [0.05, 0.1) is 0 Å². The van der Waals surface area contributed by atoms with Crippen molar-refractivity contribution < 1.29 is 9.18 Å². The third kappa shape index (κ3) is 4.67. The molecule has 1 fully saturated rings. The van der Waals surface area contributed by atoms with Crippen molar-refractivity contribution in [3.05, 3.63) is 23.6 Å². The van der Waals surface area contributed by atoms with Gasteiger partial charge in [0.1, 0.15) is 0 Å². The van der Waals surface area contributed by atoms with Crippen molar-refractivity contribution in [1.29, 1.82) is 0 Å². The molecule has 0 bridgehead atoms. The van der Waals surface area contributed by atoms with Crippen LogP contribution in [0.5, 0.6) is 0 Å². The highest BCUT2D eigenvalue weighted by Crippen LogP contribution is 2.18. The average molecular weight is 294 g/mol. The third-order valence-electron chi connectivity index (χ3n) is 3.38. The van der Waals surface area contributed by atoms with Crippen LogP contribution >= 0.6 is 0 Å². The van der Waals surface area contributed by atoms with Crippen LogP contribution in [0.1, 0.15) is 39.2 Å². The Morgan fingerprint density at radius 3 is 2.86 bits per heavy atom. The van der Waals surface area contributed by atoms with Crippen molar-refractivity contribution in [1.82, 2.24) is 15.6 Å². The molecule has 116 valence electrons. The van der Waals surface area contributed by atoms with Crippen LogP contribution in [0.25, 0.3) is 0 Å². The first-order valence-electron chi connectivity index (χ1n) is 7.27. The second kappa shape index (κ2) is 6.39. The van der Waals surface area contributed by atoms with E-state index >= 15 is 0 Å². The second-order valence-electron chi connectivity index (χ2n) is 6.42. The maximum atomic E-state index is 14.4. The first-order chi connectivity index (χ1) is 9.85. The van der Waals surface area contributed by atoms with Gasteiger partial charge in [0, 0.05) is 42.9 Å². The Morgan fingerprint density at radius 2 is 2.24 bits per heavy atom. The van der Waals surface area contributed by atoms with E-state index in [1.165, 1.54) is 0 Å². The summed E-state index contributed by atoms with van der Waals surface area (Å²) >= 11 is 0. The molecule has 1 amide bonds. The number of hydrogen-bond acceptors (Lipinski definition) is 4. The van der Waals surface area contributed by atoms with Crippen LogP contribution in [-0.4, -0.2) is 29.0 Å². The van der Waals surface area contributed by atoms with Crippen LogP contribution in [0.4, 0.5) is 10.2 Å². The van der Waals surface area contributed by atoms with Gasteiger partial charge in [-0.3, -0.25) is 4.79 Å². The first kappa shape index (κ1) is 15.7. The predicted molar refractivity (Wildman–Crippen MR) is 80.4 cm³/mol. The SMILES string of the molecule is CC(C)(C)NCc1ccnc(NC2CCC(=O)NC2)c1F. The molecule has 0 aromatic carbocycles. The molecule has 5 nitrogen and oxygen atoms in total. The van der Waals surface area contributed by atoms with E-state index in [4.69, 9.17) is 0 Å². The van der Waals surface area contributed by atoms with E-state index in [0.717, 1.165) is 0 Å². The van der Waals surface area contributed by atoms with Crippen molar-refractivity contribution in [3.8, 4) is 0 Å². The zero-order chi connectivity index (χ0) is 15.5. The number of amides is 1. The van der Waals surface area contributed by atoms with E-state index < -0.39 is 0 Å². The molecule has 6 heteroatoms. The number of aromatic nitrogens is 1. The molecule has 1 aliphatic rings. The Hall–Kier alpha value is -1.69. The summed E-state index contributed by atoms with van der Waals surface area (Å²) in [5.74, 6) is -0.0277. The lowest BCUT2D eigenvalue weighted by Gasteiger charge is -2.25. The highest BCUT2D eigenvalue weighted by molar-refractivity contribution is 5.77. The minimum atomic E-state index is -0.328. The molecule has 1 atom stereocenters. The van der Waals surface area contributed by atoms with Crippen LogP contribution in [0.15, 0.2) is 12.3 Å². The van der Waals surface area contributed by atoms with Crippen LogP contribution in [0.2, 0.25) is 0 Å². The van der Waals surface area contributed by atoms with Gasteiger partial charge in [-0.1, -0.05) is 0 Å². The molecular weight excluding hydrogens is 271 g/mol. The minimum absolute atomic E-state index is 0.0236. The Bertz CT molecular complexity index is 503. The number of rotatable bonds is 4. The molecule has 3 N–H and O–H groups in total. The number of carbonyl (C=O) groups is 1. The fourth-order valence-electron chi connectivity index (χ4n) is 2.13. The number of anilines is 1. The summed E-state index contributed by atoms with van der Waals surface area (Å²) in [6, 6.07) is 1.71. The second-order valence-corrected chi connectivity index (χ2v) is 6.42. The Labute approximate surface area is 124 Å². The van der Waals surface area contributed by atoms with E-state index in [-0.39, 0.29) is 29.1 Å². The predicted octanol–water partition coefficient (Wildman–Crippen LogP) is 1.80. The molecule has 0 radical (unpaired) electrons. The standard InChI is InChI=1S/C15H23FN4O/c1-15(2,3)19-8-10-6-7-17-14(13(10)16)20-11-4-5-12(21)18-9-11/h6-7,11,19H,4-5,8-9H2,1-3H3,(H,17,20)(H,18,21). The van der Waals surface area contributed by atoms with Gasteiger partial charge in [-0.15, -0.1) is 0 Å². The maximum Gasteiger partial charge on any atom is 0.220 e. The molecule has 1 unspecified atom stereocenters. The molecule has 1 aromatic rings. The summed E-state index contributed by atoms with van der Waals surface area (Å²) in [5, 5.41) is 9.11. The monoisotopic (exact) mass is 294 g/mol. The van der Waals surface area contributed by atoms with Gasteiger partial charge in [0.2, 0.25) is 5.91 Å². The van der Waals surface area contributed by atoms with Crippen molar-refractivity contribution in [2.75, 3.05) is 11.9 Å². The molecule has 2 heterocycles. The zero-order valence-electron chi connectivity index (χ0n) is 12.8. The topological polar surface area (TPSA) is 66.0 Å². The highest BCUT2D eigenvalue weighted by atomic mass is 19.1. The number of pyridine rings is 1. The summed E-state index contributed by atoms with van der Waals surface area (Å²) in [5.41, 5.74) is 0.513. The van der Waals surface area contributed by atoms with E-state index in [9.17, 15) is 9.18 Å². The number of piperidine rings is 1. The molecule has 0 aliphatic carbocycles. The molecule has 1 aliphatic heterocycles.